The number of nitrogens with one attached hydrogen (secondary N) is 2. The van der Waals surface area contributed by atoms with E-state index in [0.29, 0.717) is 18.7 Å². The van der Waals surface area contributed by atoms with E-state index in [0.717, 1.165) is 0 Å². The van der Waals surface area contributed by atoms with Gasteiger partial charge >= 0.3 is 5.51 Å². The Balaban J connectivity index is 2.71. The zero-order chi connectivity index (χ0) is 15.9. The van der Waals surface area contributed by atoms with E-state index < -0.39 is 15.5 Å². The molecule has 0 amide bonds. The number of alkyl halides is 3. The molecule has 0 bridgehead atoms. The Morgan fingerprint density at radius 3 is 2.48 bits per heavy atom. The molecule has 0 spiro atoms. The predicted octanol–water partition coefficient (Wildman–Crippen LogP) is 3.04. The van der Waals surface area contributed by atoms with Crippen LogP contribution in [0.15, 0.2) is 29.2 Å². The topological polar surface area (TPSA) is 58.2 Å². The van der Waals surface area contributed by atoms with Crippen molar-refractivity contribution < 1.29 is 21.6 Å². The highest BCUT2D eigenvalue weighted by Gasteiger charge is 2.27. The summed E-state index contributed by atoms with van der Waals surface area (Å²) in [5.41, 5.74) is -3.99. The Morgan fingerprint density at radius 2 is 1.86 bits per heavy atom. The molecule has 1 aromatic rings. The van der Waals surface area contributed by atoms with Crippen molar-refractivity contribution >= 4 is 27.5 Å². The molecule has 0 aliphatic rings. The summed E-state index contributed by atoms with van der Waals surface area (Å²) in [6, 6.07) is 6.13. The third-order valence-corrected chi connectivity index (χ3v) is 4.66. The van der Waals surface area contributed by atoms with Gasteiger partial charge in [0.05, 0.1) is 5.69 Å². The minimum Gasteiger partial charge on any atom is -0.383 e. The minimum absolute atomic E-state index is 0.0183. The first kappa shape index (κ1) is 18.1. The number of hydrogen-bond donors (Lipinski definition) is 2. The molecule has 120 valence electrons. The van der Waals surface area contributed by atoms with Crippen LogP contribution < -0.4 is 10.0 Å². The second kappa shape index (κ2) is 7.90. The van der Waals surface area contributed by atoms with E-state index in [4.69, 9.17) is 0 Å². The van der Waals surface area contributed by atoms with Crippen LogP contribution in [0.5, 0.6) is 0 Å². The van der Waals surface area contributed by atoms with Gasteiger partial charge in [0.15, 0.2) is 0 Å². The molecule has 9 heteroatoms. The molecule has 0 saturated heterocycles. The Hall–Kier alpha value is -0.930. The zero-order valence-corrected chi connectivity index (χ0v) is 13.0. The molecule has 0 aliphatic carbocycles. The summed E-state index contributed by atoms with van der Waals surface area (Å²) in [5, 5.41) is 2.73. The van der Waals surface area contributed by atoms with E-state index in [2.05, 4.69) is 10.0 Å². The van der Waals surface area contributed by atoms with Crippen LogP contribution in [0, 0.1) is 0 Å². The maximum Gasteiger partial charge on any atom is 0.441 e. The molecule has 0 heterocycles. The second-order valence-corrected chi connectivity index (χ2v) is 7.01. The van der Waals surface area contributed by atoms with Gasteiger partial charge in [-0.15, -0.1) is 0 Å². The number of hydrogen-bond acceptors (Lipinski definition) is 4. The van der Waals surface area contributed by atoms with Crippen LogP contribution >= 0.6 is 11.8 Å². The highest BCUT2D eigenvalue weighted by atomic mass is 32.2. The lowest BCUT2D eigenvalue weighted by molar-refractivity contribution is -0.0327. The van der Waals surface area contributed by atoms with Gasteiger partial charge in [0.2, 0.25) is 10.0 Å². The number of benzene rings is 1. The summed E-state index contributed by atoms with van der Waals surface area (Å²) < 4.78 is 62.6. The van der Waals surface area contributed by atoms with Crippen LogP contribution in [-0.4, -0.2) is 32.8 Å². The fourth-order valence-corrected chi connectivity index (χ4v) is 3.27. The van der Waals surface area contributed by atoms with Crippen LogP contribution in [0.25, 0.3) is 0 Å². The van der Waals surface area contributed by atoms with Crippen LogP contribution in [-0.2, 0) is 10.0 Å². The molecule has 0 aromatic heterocycles. The molecule has 1 rings (SSSR count). The Kier molecular flexibility index (Phi) is 6.82. The van der Waals surface area contributed by atoms with Gasteiger partial charge in [0.1, 0.15) is 4.90 Å². The van der Waals surface area contributed by atoms with E-state index >= 15 is 0 Å². The maximum atomic E-state index is 12.1. The standard InChI is InChI=1S/C12H17F3N2O2S2/c1-2-7-17-21(18,19)11-6-4-3-5-10(11)16-8-9-20-12(13,14)15/h3-6,16-17H,2,7-9H2,1H3. The van der Waals surface area contributed by atoms with E-state index in [1.165, 1.54) is 12.1 Å². The van der Waals surface area contributed by atoms with Gasteiger partial charge in [-0.25, -0.2) is 13.1 Å². The highest BCUT2D eigenvalue weighted by molar-refractivity contribution is 8.00. The van der Waals surface area contributed by atoms with Crippen molar-refractivity contribution in [1.29, 1.82) is 0 Å². The summed E-state index contributed by atoms with van der Waals surface area (Å²) in [6.07, 6.45) is 0.650. The first-order valence-corrected chi connectivity index (χ1v) is 8.76. The molecular formula is C12H17F3N2O2S2. The summed E-state index contributed by atoms with van der Waals surface area (Å²) >= 11 is -0.148. The lowest BCUT2D eigenvalue weighted by atomic mass is 10.3. The largest absolute Gasteiger partial charge is 0.441 e. The molecule has 4 nitrogen and oxygen atoms in total. The summed E-state index contributed by atoms with van der Waals surface area (Å²) in [7, 11) is -3.66. The van der Waals surface area contributed by atoms with Crippen molar-refractivity contribution in [2.75, 3.05) is 24.2 Å². The van der Waals surface area contributed by atoms with Crippen LogP contribution in [0.1, 0.15) is 13.3 Å². The van der Waals surface area contributed by atoms with Gasteiger partial charge in [-0.3, -0.25) is 0 Å². The highest BCUT2D eigenvalue weighted by Crippen LogP contribution is 2.30. The van der Waals surface area contributed by atoms with Crippen molar-refractivity contribution in [3.63, 3.8) is 0 Å². The van der Waals surface area contributed by atoms with Crippen molar-refractivity contribution in [3.8, 4) is 0 Å². The number of rotatable bonds is 8. The average molecular weight is 342 g/mol. The lowest BCUT2D eigenvalue weighted by Crippen LogP contribution is -2.25. The fraction of sp³-hybridized carbons (Fsp3) is 0.500. The van der Waals surface area contributed by atoms with Gasteiger partial charge in [0, 0.05) is 18.8 Å². The first-order valence-electron chi connectivity index (χ1n) is 6.29. The van der Waals surface area contributed by atoms with E-state index in [-0.39, 0.29) is 29.0 Å². The maximum absolute atomic E-state index is 12.1. The molecule has 0 radical (unpaired) electrons. The third-order valence-electron chi connectivity index (χ3n) is 2.40. The SMILES string of the molecule is CCCNS(=O)(=O)c1ccccc1NCCSC(F)(F)F. The number of para-hydroxylation sites is 1. The van der Waals surface area contributed by atoms with Crippen molar-refractivity contribution in [2.24, 2.45) is 0 Å². The molecule has 21 heavy (non-hydrogen) atoms. The summed E-state index contributed by atoms with van der Waals surface area (Å²) in [6.45, 7) is 2.16. The normalized spacial score (nSPS) is 12.4. The van der Waals surface area contributed by atoms with Gasteiger partial charge in [-0.2, -0.15) is 13.2 Å². The van der Waals surface area contributed by atoms with Crippen LogP contribution in [0.3, 0.4) is 0 Å². The smallest absolute Gasteiger partial charge is 0.383 e. The molecule has 2 N–H and O–H groups in total. The molecule has 0 aliphatic heterocycles. The van der Waals surface area contributed by atoms with E-state index in [1.807, 2.05) is 6.92 Å². The number of sulfonamides is 1. The van der Waals surface area contributed by atoms with E-state index in [9.17, 15) is 21.6 Å². The predicted molar refractivity (Wildman–Crippen MR) is 78.9 cm³/mol. The third kappa shape index (κ3) is 6.58. The van der Waals surface area contributed by atoms with Gasteiger partial charge < -0.3 is 5.32 Å². The molecule has 0 saturated carbocycles. The van der Waals surface area contributed by atoms with Crippen LogP contribution in [0.4, 0.5) is 18.9 Å². The van der Waals surface area contributed by atoms with Crippen molar-refractivity contribution in [2.45, 2.75) is 23.7 Å². The number of halogens is 3. The number of anilines is 1. The molecule has 0 atom stereocenters. The number of thioether (sulfide) groups is 1. The monoisotopic (exact) mass is 342 g/mol. The Labute approximate surface area is 126 Å². The van der Waals surface area contributed by atoms with Gasteiger partial charge in [-0.1, -0.05) is 19.1 Å². The van der Waals surface area contributed by atoms with E-state index in [1.54, 1.807) is 12.1 Å². The Bertz CT molecular complexity index is 548. The second-order valence-electron chi connectivity index (χ2n) is 4.11. The summed E-state index contributed by atoms with van der Waals surface area (Å²) in [4.78, 5) is 0.0375. The Morgan fingerprint density at radius 1 is 1.19 bits per heavy atom. The minimum atomic E-state index is -4.28. The van der Waals surface area contributed by atoms with Crippen molar-refractivity contribution in [3.05, 3.63) is 24.3 Å². The molecule has 0 fully saturated rings. The van der Waals surface area contributed by atoms with Gasteiger partial charge in [-0.05, 0) is 30.3 Å². The molecule has 0 unspecified atom stereocenters. The van der Waals surface area contributed by atoms with Crippen molar-refractivity contribution in [1.82, 2.24) is 4.72 Å². The van der Waals surface area contributed by atoms with Gasteiger partial charge in [0.25, 0.3) is 0 Å². The molecule has 1 aromatic carbocycles. The quantitative estimate of drug-likeness (QED) is 0.713. The molecular weight excluding hydrogens is 325 g/mol. The average Bonchev–Trinajstić information content (AvgIpc) is 2.41. The lowest BCUT2D eigenvalue weighted by Gasteiger charge is -2.13. The summed E-state index contributed by atoms with van der Waals surface area (Å²) in [5.74, 6) is -0.194. The van der Waals surface area contributed by atoms with Crippen LogP contribution in [0.2, 0.25) is 0 Å². The zero-order valence-electron chi connectivity index (χ0n) is 11.4. The first-order chi connectivity index (χ1) is 9.76. The fourth-order valence-electron chi connectivity index (χ4n) is 1.51.